The smallest absolute Gasteiger partial charge is 0.391 e. The minimum atomic E-state index is -4.08. The predicted octanol–water partition coefficient (Wildman–Crippen LogP) is 6.34. The largest absolute Gasteiger partial charge is 0.672 e. The maximum Gasteiger partial charge on any atom is 0.672 e. The van der Waals surface area contributed by atoms with Crippen molar-refractivity contribution in [3.63, 3.8) is 0 Å². The van der Waals surface area contributed by atoms with Crippen molar-refractivity contribution in [2.24, 2.45) is 0 Å². The molecule has 0 aromatic rings. The van der Waals surface area contributed by atoms with Gasteiger partial charge in [0, 0.05) is 43.2 Å². The number of hydrogen-bond acceptors (Lipinski definition) is 9. The summed E-state index contributed by atoms with van der Waals surface area (Å²) in [7, 11) is -11.8. The third-order valence-corrected chi connectivity index (χ3v) is 15.3. The first-order chi connectivity index (χ1) is 17.1. The molecule has 0 rings (SSSR count). The van der Waals surface area contributed by atoms with Crippen LogP contribution in [0.5, 0.6) is 0 Å². The maximum absolute atomic E-state index is 11.8. The Morgan fingerprint density at radius 2 is 0.595 bits per heavy atom. The van der Waals surface area contributed by atoms with E-state index in [4.69, 9.17) is 34.8 Å². The molecule has 0 aromatic heterocycles. The fourth-order valence-corrected chi connectivity index (χ4v) is 12.5. The van der Waals surface area contributed by atoms with E-state index in [1.807, 2.05) is 83.1 Å². The Morgan fingerprint density at radius 1 is 0.432 bits per heavy atom. The zero-order chi connectivity index (χ0) is 28.9. The average Bonchev–Trinajstić information content (AvgIpc) is 2.82. The van der Waals surface area contributed by atoms with Crippen LogP contribution in [0, 0.1) is 0 Å². The molecule has 0 saturated carbocycles. The molecular weight excluding hydrogens is 529 g/mol. The second-order valence-electron chi connectivity index (χ2n) is 10.1. The third-order valence-electron chi connectivity index (χ3n) is 6.15. The molecule has 0 aliphatic carbocycles. The summed E-state index contributed by atoms with van der Waals surface area (Å²) in [5, 5.41) is 0. The molecule has 0 bridgehead atoms. The van der Waals surface area contributed by atoms with Crippen molar-refractivity contribution in [1.29, 1.82) is 0 Å². The maximum atomic E-state index is 11.8. The van der Waals surface area contributed by atoms with Gasteiger partial charge in [0.2, 0.25) is 0 Å². The molecule has 6 atom stereocenters. The van der Waals surface area contributed by atoms with Crippen LogP contribution >= 0.6 is 0 Å². The molecule has 224 valence electrons. The van der Waals surface area contributed by atoms with E-state index < -0.39 is 26.9 Å². The van der Waals surface area contributed by atoms with Crippen LogP contribution in [0.15, 0.2) is 0 Å². The van der Waals surface area contributed by atoms with Crippen LogP contribution in [0.25, 0.3) is 0 Å². The summed E-state index contributed by atoms with van der Waals surface area (Å²) in [6.07, 6.45) is 3.06. The van der Waals surface area contributed by atoms with E-state index in [9.17, 15) is 4.80 Å². The highest BCUT2D eigenvalue weighted by Crippen LogP contribution is 2.30. The second-order valence-corrected chi connectivity index (χ2v) is 17.0. The summed E-state index contributed by atoms with van der Waals surface area (Å²) in [6.45, 7) is 25.2. The summed E-state index contributed by atoms with van der Waals surface area (Å²) in [5.74, 6) is 0. The van der Waals surface area contributed by atoms with Crippen LogP contribution in [-0.2, 0) is 34.8 Å². The molecule has 0 saturated heterocycles. The second kappa shape index (κ2) is 17.9. The summed E-state index contributed by atoms with van der Waals surface area (Å²) in [6, 6.07) is 0. The van der Waals surface area contributed by atoms with Gasteiger partial charge in [0.05, 0.1) is 0 Å². The molecule has 0 spiro atoms. The van der Waals surface area contributed by atoms with Gasteiger partial charge in [-0.25, -0.2) is 0 Å². The first-order valence-electron chi connectivity index (χ1n) is 14.3. The third kappa shape index (κ3) is 14.5. The lowest BCUT2D eigenvalue weighted by molar-refractivity contribution is -0.0878. The molecule has 12 heteroatoms. The molecule has 0 fully saturated rings. The standard InChI is InChI=1S/C25H58O9Si3/c1-14-20(7)27-36(28-21(8)15-2,29-22(9)16-3)33-35(13,26)34-37(30-23(10)17-4,31-24(11)18-5)32-25(12)19-6/h20-26H,14-19H2,1-13H3. The lowest BCUT2D eigenvalue weighted by atomic mass is 10.3. The van der Waals surface area contributed by atoms with E-state index in [1.165, 1.54) is 6.55 Å². The Kier molecular flexibility index (Phi) is 18.0. The molecule has 1 N–H and O–H groups in total. The van der Waals surface area contributed by atoms with Gasteiger partial charge in [-0.15, -0.1) is 0 Å². The predicted molar refractivity (Wildman–Crippen MR) is 153 cm³/mol. The van der Waals surface area contributed by atoms with Crippen LogP contribution in [0.2, 0.25) is 6.55 Å². The number of rotatable bonds is 22. The Morgan fingerprint density at radius 3 is 0.730 bits per heavy atom. The van der Waals surface area contributed by atoms with Gasteiger partial charge < -0.3 is 39.6 Å². The van der Waals surface area contributed by atoms with Gasteiger partial charge >= 0.3 is 26.9 Å². The van der Waals surface area contributed by atoms with E-state index in [0.717, 1.165) is 38.5 Å². The van der Waals surface area contributed by atoms with E-state index in [-0.39, 0.29) is 36.6 Å². The molecule has 0 amide bonds. The monoisotopic (exact) mass is 586 g/mol. The molecule has 0 heterocycles. The van der Waals surface area contributed by atoms with Gasteiger partial charge in [0.15, 0.2) is 0 Å². The highest BCUT2D eigenvalue weighted by atomic mass is 28.5. The summed E-state index contributed by atoms with van der Waals surface area (Å²) < 4.78 is 50.9. The Hall–Kier alpha value is 0.291. The molecule has 6 unspecified atom stereocenters. The molecule has 0 radical (unpaired) electrons. The Balaban J connectivity index is 6.55. The van der Waals surface area contributed by atoms with Crippen LogP contribution < -0.4 is 0 Å². The van der Waals surface area contributed by atoms with Crippen molar-refractivity contribution in [3.8, 4) is 0 Å². The lowest BCUT2D eigenvalue weighted by Gasteiger charge is -2.41. The Bertz CT molecular complexity index is 489. The average molecular weight is 587 g/mol. The summed E-state index contributed by atoms with van der Waals surface area (Å²) >= 11 is 0. The van der Waals surface area contributed by atoms with Gasteiger partial charge in [-0.05, 0) is 80.1 Å². The highest BCUT2D eigenvalue weighted by molar-refractivity contribution is 6.76. The molecule has 9 nitrogen and oxygen atoms in total. The normalized spacial score (nSPS) is 22.2. The van der Waals surface area contributed by atoms with Gasteiger partial charge in [-0.3, -0.25) is 0 Å². The highest BCUT2D eigenvalue weighted by Gasteiger charge is 2.62. The zero-order valence-corrected chi connectivity index (χ0v) is 28.9. The lowest BCUT2D eigenvalue weighted by Crippen LogP contribution is -2.66. The van der Waals surface area contributed by atoms with Crippen LogP contribution in [0.3, 0.4) is 0 Å². The molecular formula is C25H58O9Si3. The topological polar surface area (TPSA) is 94.1 Å². The van der Waals surface area contributed by atoms with E-state index in [2.05, 4.69) is 0 Å². The molecule has 37 heavy (non-hydrogen) atoms. The van der Waals surface area contributed by atoms with Gasteiger partial charge in [0.25, 0.3) is 0 Å². The van der Waals surface area contributed by atoms with Crippen molar-refractivity contribution in [1.82, 2.24) is 0 Å². The summed E-state index contributed by atoms with van der Waals surface area (Å²) in [4.78, 5) is 11.8. The zero-order valence-electron chi connectivity index (χ0n) is 25.9. The fraction of sp³-hybridized carbons (Fsp3) is 1.00. The van der Waals surface area contributed by atoms with Gasteiger partial charge in [-0.2, -0.15) is 0 Å². The van der Waals surface area contributed by atoms with Crippen molar-refractivity contribution >= 4 is 26.9 Å². The van der Waals surface area contributed by atoms with Crippen molar-refractivity contribution in [2.45, 2.75) is 165 Å². The van der Waals surface area contributed by atoms with Crippen molar-refractivity contribution in [2.75, 3.05) is 0 Å². The molecule has 0 aromatic carbocycles. The first-order valence-corrected chi connectivity index (χ1v) is 19.9. The van der Waals surface area contributed by atoms with E-state index in [0.29, 0.717) is 0 Å². The van der Waals surface area contributed by atoms with Gasteiger partial charge in [0.1, 0.15) is 0 Å². The minimum Gasteiger partial charge on any atom is -0.391 e. The molecule has 0 aliphatic heterocycles. The van der Waals surface area contributed by atoms with Crippen LogP contribution in [0.1, 0.15) is 122 Å². The molecule has 0 aliphatic rings. The minimum absolute atomic E-state index is 0.212. The first kappa shape index (κ1) is 37.3. The van der Waals surface area contributed by atoms with Gasteiger partial charge in [-0.1, -0.05) is 41.5 Å². The number of hydrogen-bond donors (Lipinski definition) is 1. The van der Waals surface area contributed by atoms with Crippen LogP contribution in [-0.4, -0.2) is 68.3 Å². The summed E-state index contributed by atoms with van der Waals surface area (Å²) in [5.41, 5.74) is 0. The fourth-order valence-electron chi connectivity index (χ4n) is 2.77. The SMILES string of the molecule is CCC(C)O[Si](OC(C)CC)(OC(C)CC)O[Si](C)(O)O[Si](OC(C)CC)(OC(C)CC)OC(C)CC. The van der Waals surface area contributed by atoms with E-state index >= 15 is 0 Å². The van der Waals surface area contributed by atoms with Crippen molar-refractivity contribution < 1.29 is 39.6 Å². The Labute approximate surface area is 231 Å². The van der Waals surface area contributed by atoms with Crippen LogP contribution in [0.4, 0.5) is 0 Å². The van der Waals surface area contributed by atoms with Crippen molar-refractivity contribution in [3.05, 3.63) is 0 Å². The quantitative estimate of drug-likeness (QED) is 0.146. The van der Waals surface area contributed by atoms with E-state index in [1.54, 1.807) is 0 Å².